The third kappa shape index (κ3) is 4.09. The van der Waals surface area contributed by atoms with Crippen molar-refractivity contribution in [3.63, 3.8) is 0 Å². The Morgan fingerprint density at radius 1 is 0.903 bits per heavy atom. The van der Waals surface area contributed by atoms with E-state index in [4.69, 9.17) is 4.74 Å². The molecule has 1 N–H and O–H groups in total. The Bertz CT molecular complexity index is 1020. The van der Waals surface area contributed by atoms with Crippen LogP contribution in [0.5, 0.6) is 5.75 Å². The van der Waals surface area contributed by atoms with Crippen LogP contribution in [0.3, 0.4) is 0 Å². The monoisotopic (exact) mass is 421 g/mol. The topological polar surface area (TPSA) is 90.4 Å². The number of esters is 1. The summed E-state index contributed by atoms with van der Waals surface area (Å²) in [5, 5.41) is 9.45. The molecule has 2 heterocycles. The molecule has 0 spiro atoms. The van der Waals surface area contributed by atoms with E-state index in [1.807, 2.05) is 17.0 Å². The number of aromatic hydroxyl groups is 1. The van der Waals surface area contributed by atoms with Crippen molar-refractivity contribution in [3.8, 4) is 5.75 Å². The van der Waals surface area contributed by atoms with E-state index in [0.717, 1.165) is 10.6 Å². The average molecular weight is 421 g/mol. The maximum Gasteiger partial charge on any atom is 0.338 e. The number of carbonyl (C=O) groups excluding carboxylic acids is 3. The Hall–Kier alpha value is -3.81. The molecule has 8 nitrogen and oxygen atoms in total. The number of hydrogen-bond acceptors (Lipinski definition) is 7. The number of carbonyl (C=O) groups is 3. The lowest BCUT2D eigenvalue weighted by molar-refractivity contribution is -0.121. The Morgan fingerprint density at radius 3 is 2.10 bits per heavy atom. The van der Waals surface area contributed by atoms with Gasteiger partial charge in [0.2, 0.25) is 0 Å². The van der Waals surface area contributed by atoms with Crippen molar-refractivity contribution < 1.29 is 24.2 Å². The largest absolute Gasteiger partial charge is 0.508 e. The zero-order valence-corrected chi connectivity index (χ0v) is 17.2. The molecular weight excluding hydrogens is 398 g/mol. The lowest BCUT2D eigenvalue weighted by Crippen LogP contribution is -2.47. The van der Waals surface area contributed by atoms with E-state index in [2.05, 4.69) is 4.90 Å². The van der Waals surface area contributed by atoms with Crippen molar-refractivity contribution in [1.29, 1.82) is 0 Å². The van der Waals surface area contributed by atoms with Crippen LogP contribution in [0, 0.1) is 0 Å². The normalized spacial score (nSPS) is 16.5. The van der Waals surface area contributed by atoms with Crippen LogP contribution in [0.25, 0.3) is 0 Å². The molecule has 2 aromatic rings. The fourth-order valence-electron chi connectivity index (χ4n) is 3.76. The predicted octanol–water partition coefficient (Wildman–Crippen LogP) is 2.15. The fourth-order valence-corrected chi connectivity index (χ4v) is 3.76. The molecular formula is C23H23N3O5. The molecule has 0 aromatic heterocycles. The minimum Gasteiger partial charge on any atom is -0.508 e. The van der Waals surface area contributed by atoms with Gasteiger partial charge in [-0.05, 0) is 55.5 Å². The van der Waals surface area contributed by atoms with Crippen molar-refractivity contribution in [1.82, 2.24) is 4.90 Å². The van der Waals surface area contributed by atoms with Gasteiger partial charge < -0.3 is 19.6 Å². The molecule has 8 heteroatoms. The number of benzene rings is 2. The van der Waals surface area contributed by atoms with Gasteiger partial charge in [0.15, 0.2) is 0 Å². The molecule has 0 aliphatic carbocycles. The minimum absolute atomic E-state index is 0.220. The first-order valence-electron chi connectivity index (χ1n) is 10.1. The molecule has 1 saturated heterocycles. The molecule has 0 atom stereocenters. The standard InChI is InChI=1S/C23H23N3O5/c1-2-31-23(30)16-3-5-18(6-4-16)26-21(28)15-20(22(26)29)25-13-11-24(12-14-25)17-7-9-19(27)10-8-17/h3-10,15,27H,2,11-14H2,1H3. The first-order valence-corrected chi connectivity index (χ1v) is 10.1. The van der Waals surface area contributed by atoms with E-state index in [1.165, 1.54) is 6.08 Å². The highest BCUT2D eigenvalue weighted by Crippen LogP contribution is 2.27. The maximum absolute atomic E-state index is 13.0. The third-order valence-corrected chi connectivity index (χ3v) is 5.37. The zero-order valence-electron chi connectivity index (χ0n) is 17.2. The van der Waals surface area contributed by atoms with Crippen LogP contribution in [-0.4, -0.2) is 60.6 Å². The zero-order chi connectivity index (χ0) is 22.0. The van der Waals surface area contributed by atoms with E-state index in [-0.39, 0.29) is 18.3 Å². The first kappa shape index (κ1) is 20.5. The number of anilines is 2. The van der Waals surface area contributed by atoms with Crippen molar-refractivity contribution in [3.05, 3.63) is 65.9 Å². The van der Waals surface area contributed by atoms with E-state index < -0.39 is 11.9 Å². The van der Waals surface area contributed by atoms with Crippen LogP contribution >= 0.6 is 0 Å². The molecule has 2 aromatic carbocycles. The van der Waals surface area contributed by atoms with Gasteiger partial charge in [-0.2, -0.15) is 0 Å². The van der Waals surface area contributed by atoms with Gasteiger partial charge in [-0.1, -0.05) is 0 Å². The number of piperazine rings is 1. The quantitative estimate of drug-likeness (QED) is 0.584. The SMILES string of the molecule is CCOC(=O)c1ccc(N2C(=O)C=C(N3CCN(c4ccc(O)cc4)CC3)C2=O)cc1. The third-order valence-electron chi connectivity index (χ3n) is 5.37. The Kier molecular flexibility index (Phi) is 5.62. The van der Waals surface area contributed by atoms with Crippen LogP contribution < -0.4 is 9.80 Å². The summed E-state index contributed by atoms with van der Waals surface area (Å²) >= 11 is 0. The number of imide groups is 1. The predicted molar refractivity (Wildman–Crippen MR) is 115 cm³/mol. The second-order valence-electron chi connectivity index (χ2n) is 7.27. The fraction of sp³-hybridized carbons (Fsp3) is 0.261. The average Bonchev–Trinajstić information content (AvgIpc) is 3.08. The second kappa shape index (κ2) is 8.51. The number of phenols is 1. The van der Waals surface area contributed by atoms with Gasteiger partial charge in [0.1, 0.15) is 11.4 Å². The minimum atomic E-state index is -0.446. The lowest BCUT2D eigenvalue weighted by atomic mass is 10.2. The molecule has 31 heavy (non-hydrogen) atoms. The molecule has 2 aliphatic rings. The van der Waals surface area contributed by atoms with Gasteiger partial charge in [-0.15, -0.1) is 0 Å². The number of amides is 2. The summed E-state index contributed by atoms with van der Waals surface area (Å²) in [4.78, 5) is 42.6. The van der Waals surface area contributed by atoms with E-state index in [9.17, 15) is 19.5 Å². The molecule has 1 fully saturated rings. The number of ether oxygens (including phenoxy) is 1. The van der Waals surface area contributed by atoms with Crippen molar-refractivity contribution >= 4 is 29.2 Å². The molecule has 160 valence electrons. The summed E-state index contributed by atoms with van der Waals surface area (Å²) in [6, 6.07) is 13.2. The second-order valence-corrected chi connectivity index (χ2v) is 7.27. The van der Waals surface area contributed by atoms with Gasteiger partial charge in [0.05, 0.1) is 17.9 Å². The van der Waals surface area contributed by atoms with Gasteiger partial charge in [0, 0.05) is 37.9 Å². The number of nitrogens with zero attached hydrogens (tertiary/aromatic N) is 3. The smallest absolute Gasteiger partial charge is 0.338 e. The van der Waals surface area contributed by atoms with Gasteiger partial charge in [0.25, 0.3) is 11.8 Å². The summed E-state index contributed by atoms with van der Waals surface area (Å²) in [7, 11) is 0. The lowest BCUT2D eigenvalue weighted by Gasteiger charge is -2.37. The Balaban J connectivity index is 1.42. The number of phenolic OH excluding ortho intramolecular Hbond substituents is 1. The molecule has 0 unspecified atom stereocenters. The molecule has 2 aliphatic heterocycles. The summed E-state index contributed by atoms with van der Waals surface area (Å²) in [6.07, 6.45) is 1.37. The summed E-state index contributed by atoms with van der Waals surface area (Å²) in [6.45, 7) is 4.58. The van der Waals surface area contributed by atoms with Crippen molar-refractivity contribution in [2.24, 2.45) is 0 Å². The number of rotatable bonds is 5. The van der Waals surface area contributed by atoms with Crippen LogP contribution in [0.15, 0.2) is 60.3 Å². The highest BCUT2D eigenvalue weighted by atomic mass is 16.5. The van der Waals surface area contributed by atoms with E-state index >= 15 is 0 Å². The first-order chi connectivity index (χ1) is 15.0. The molecule has 2 amide bonds. The highest BCUT2D eigenvalue weighted by molar-refractivity contribution is 6.30. The van der Waals surface area contributed by atoms with Gasteiger partial charge >= 0.3 is 5.97 Å². The van der Waals surface area contributed by atoms with Crippen LogP contribution in [0.1, 0.15) is 17.3 Å². The summed E-state index contributed by atoms with van der Waals surface area (Å²) < 4.78 is 4.96. The Morgan fingerprint density at radius 2 is 1.48 bits per heavy atom. The maximum atomic E-state index is 13.0. The molecule has 0 radical (unpaired) electrons. The highest BCUT2D eigenvalue weighted by Gasteiger charge is 2.36. The molecule has 4 rings (SSSR count). The van der Waals surface area contributed by atoms with Crippen molar-refractivity contribution in [2.75, 3.05) is 42.6 Å². The van der Waals surface area contributed by atoms with Crippen LogP contribution in [0.2, 0.25) is 0 Å². The van der Waals surface area contributed by atoms with Gasteiger partial charge in [-0.3, -0.25) is 9.59 Å². The summed E-state index contributed by atoms with van der Waals surface area (Å²) in [5.74, 6) is -0.992. The van der Waals surface area contributed by atoms with E-state index in [1.54, 1.807) is 43.3 Å². The van der Waals surface area contributed by atoms with Gasteiger partial charge in [-0.25, -0.2) is 9.69 Å². The molecule has 0 saturated carbocycles. The van der Waals surface area contributed by atoms with Crippen LogP contribution in [-0.2, 0) is 14.3 Å². The Labute approximate surface area is 179 Å². The molecule has 0 bridgehead atoms. The van der Waals surface area contributed by atoms with Crippen LogP contribution in [0.4, 0.5) is 11.4 Å². The van der Waals surface area contributed by atoms with Crippen molar-refractivity contribution in [2.45, 2.75) is 6.92 Å². The summed E-state index contributed by atoms with van der Waals surface area (Å²) in [5.41, 5.74) is 2.16. The van der Waals surface area contributed by atoms with E-state index in [0.29, 0.717) is 43.1 Å². The number of hydrogen-bond donors (Lipinski definition) is 1.